The van der Waals surface area contributed by atoms with E-state index in [9.17, 15) is 4.79 Å². The van der Waals surface area contributed by atoms with Gasteiger partial charge in [-0.1, -0.05) is 27.5 Å². The number of thiophene rings is 1. The van der Waals surface area contributed by atoms with E-state index in [0.717, 1.165) is 5.69 Å². The third-order valence-electron chi connectivity index (χ3n) is 0.973. The Morgan fingerprint density at radius 1 is 1.82 bits per heavy atom. The summed E-state index contributed by atoms with van der Waals surface area (Å²) in [5, 5.41) is 4.75. The van der Waals surface area contributed by atoms with Crippen molar-refractivity contribution in [3.8, 4) is 0 Å². The molecule has 60 valence electrons. The van der Waals surface area contributed by atoms with Gasteiger partial charge >= 0.3 is 0 Å². The molecule has 1 aromatic rings. The minimum absolute atomic E-state index is 0.0699. The molecule has 0 unspecified atom stereocenters. The zero-order chi connectivity index (χ0) is 8.27. The quantitative estimate of drug-likeness (QED) is 0.808. The van der Waals surface area contributed by atoms with Crippen LogP contribution in [0.5, 0.6) is 0 Å². The van der Waals surface area contributed by atoms with Crippen molar-refractivity contribution in [3.05, 3.63) is 15.8 Å². The van der Waals surface area contributed by atoms with Gasteiger partial charge in [-0.05, 0) is 6.07 Å². The molecule has 5 heteroatoms. The van der Waals surface area contributed by atoms with Gasteiger partial charge in [0.2, 0.25) is 5.91 Å². The maximum absolute atomic E-state index is 10.8. The molecule has 1 heterocycles. The lowest BCUT2D eigenvalue weighted by molar-refractivity contribution is -0.113. The molecule has 11 heavy (non-hydrogen) atoms. The number of rotatable bonds is 2. The van der Waals surface area contributed by atoms with Gasteiger partial charge in [0.25, 0.3) is 0 Å². The van der Waals surface area contributed by atoms with Crippen molar-refractivity contribution in [1.82, 2.24) is 0 Å². The highest BCUT2D eigenvalue weighted by atomic mass is 79.9. The van der Waals surface area contributed by atoms with Crippen molar-refractivity contribution >= 4 is 50.5 Å². The van der Waals surface area contributed by atoms with Gasteiger partial charge in [0, 0.05) is 5.38 Å². The summed E-state index contributed by atoms with van der Waals surface area (Å²) in [4.78, 5) is 10.8. The van der Waals surface area contributed by atoms with Crippen molar-refractivity contribution in [2.45, 2.75) is 0 Å². The Kier molecular flexibility index (Phi) is 3.36. The summed E-state index contributed by atoms with van der Waals surface area (Å²) in [5.74, 6) is -0.0699. The Morgan fingerprint density at radius 2 is 2.55 bits per heavy atom. The van der Waals surface area contributed by atoms with E-state index in [2.05, 4.69) is 21.2 Å². The van der Waals surface area contributed by atoms with E-state index in [1.54, 1.807) is 11.4 Å². The Balaban J connectivity index is 2.57. The highest BCUT2D eigenvalue weighted by Crippen LogP contribution is 2.23. The molecule has 0 aliphatic heterocycles. The van der Waals surface area contributed by atoms with Crippen LogP contribution in [-0.2, 0) is 4.79 Å². The summed E-state index contributed by atoms with van der Waals surface area (Å²) in [6.45, 7) is 0. The molecule has 0 spiro atoms. The second-order valence-corrected chi connectivity index (χ2v) is 3.92. The highest BCUT2D eigenvalue weighted by molar-refractivity contribution is 9.09. The molecule has 1 aromatic heterocycles. The van der Waals surface area contributed by atoms with E-state index in [0.29, 0.717) is 9.67 Å². The van der Waals surface area contributed by atoms with E-state index in [1.165, 1.54) is 11.3 Å². The molecule has 0 saturated carbocycles. The molecule has 0 atom stereocenters. The SMILES string of the molecule is O=C(CBr)Nc1csc(Cl)c1. The number of carbonyl (C=O) groups is 1. The molecule has 1 rings (SSSR count). The van der Waals surface area contributed by atoms with Crippen LogP contribution in [0.1, 0.15) is 0 Å². The first-order valence-electron chi connectivity index (χ1n) is 2.82. The Bertz CT molecular complexity index is 263. The molecule has 0 bridgehead atoms. The van der Waals surface area contributed by atoms with Gasteiger partial charge in [-0.15, -0.1) is 11.3 Å². The summed E-state index contributed by atoms with van der Waals surface area (Å²) >= 11 is 10.1. The van der Waals surface area contributed by atoms with Gasteiger partial charge in [0.05, 0.1) is 15.4 Å². The lowest BCUT2D eigenvalue weighted by Crippen LogP contribution is -2.11. The Labute approximate surface area is 81.7 Å². The van der Waals surface area contributed by atoms with Crippen LogP contribution in [-0.4, -0.2) is 11.2 Å². The predicted molar refractivity (Wildman–Crippen MR) is 51.8 cm³/mol. The first kappa shape index (κ1) is 9.03. The molecule has 1 amide bonds. The number of alkyl halides is 1. The number of hydrogen-bond acceptors (Lipinski definition) is 2. The predicted octanol–water partition coefficient (Wildman–Crippen LogP) is 2.73. The van der Waals surface area contributed by atoms with E-state index in [1.807, 2.05) is 0 Å². The molecule has 0 aliphatic rings. The molecule has 0 aliphatic carbocycles. The van der Waals surface area contributed by atoms with Gasteiger partial charge in [-0.2, -0.15) is 0 Å². The van der Waals surface area contributed by atoms with Gasteiger partial charge in [-0.25, -0.2) is 0 Å². The number of halogens is 2. The second kappa shape index (κ2) is 4.09. The summed E-state index contributed by atoms with van der Waals surface area (Å²) in [7, 11) is 0. The first-order valence-corrected chi connectivity index (χ1v) is 5.20. The van der Waals surface area contributed by atoms with Crippen molar-refractivity contribution in [3.63, 3.8) is 0 Å². The van der Waals surface area contributed by atoms with Crippen molar-refractivity contribution < 1.29 is 4.79 Å². The van der Waals surface area contributed by atoms with E-state index >= 15 is 0 Å². The third kappa shape index (κ3) is 2.81. The van der Waals surface area contributed by atoms with Crippen LogP contribution >= 0.6 is 38.9 Å². The van der Waals surface area contributed by atoms with Crippen LogP contribution in [0.3, 0.4) is 0 Å². The fourth-order valence-corrected chi connectivity index (χ4v) is 1.52. The van der Waals surface area contributed by atoms with Crippen LogP contribution in [0.15, 0.2) is 11.4 Å². The summed E-state index contributed by atoms with van der Waals surface area (Å²) in [6, 6.07) is 1.72. The summed E-state index contributed by atoms with van der Waals surface area (Å²) in [6.07, 6.45) is 0. The highest BCUT2D eigenvalue weighted by Gasteiger charge is 2.00. The number of hydrogen-bond donors (Lipinski definition) is 1. The van der Waals surface area contributed by atoms with Crippen LogP contribution < -0.4 is 5.32 Å². The first-order chi connectivity index (χ1) is 5.22. The lowest BCUT2D eigenvalue weighted by Gasteiger charge is -1.96. The largest absolute Gasteiger partial charge is 0.325 e. The lowest BCUT2D eigenvalue weighted by atomic mass is 10.5. The zero-order valence-corrected chi connectivity index (χ0v) is 8.59. The topological polar surface area (TPSA) is 29.1 Å². The second-order valence-electron chi connectivity index (χ2n) is 1.82. The fraction of sp³-hybridized carbons (Fsp3) is 0.167. The minimum atomic E-state index is -0.0699. The van der Waals surface area contributed by atoms with Crippen LogP contribution in [0.4, 0.5) is 5.69 Å². The van der Waals surface area contributed by atoms with Crippen molar-refractivity contribution in [2.24, 2.45) is 0 Å². The van der Waals surface area contributed by atoms with Crippen molar-refractivity contribution in [1.29, 1.82) is 0 Å². The van der Waals surface area contributed by atoms with Gasteiger partial charge in [-0.3, -0.25) is 4.79 Å². The van der Waals surface area contributed by atoms with E-state index < -0.39 is 0 Å². The number of nitrogens with one attached hydrogen (secondary N) is 1. The normalized spacial score (nSPS) is 9.64. The van der Waals surface area contributed by atoms with Gasteiger partial charge in [0.1, 0.15) is 0 Å². The van der Waals surface area contributed by atoms with Crippen LogP contribution in [0.25, 0.3) is 0 Å². The number of carbonyl (C=O) groups excluding carboxylic acids is 1. The average Bonchev–Trinajstić information content (AvgIpc) is 2.35. The molecular weight excluding hydrogens is 249 g/mol. The summed E-state index contributed by atoms with van der Waals surface area (Å²) in [5.41, 5.74) is 0.754. The van der Waals surface area contributed by atoms with Crippen LogP contribution in [0.2, 0.25) is 4.34 Å². The van der Waals surface area contributed by atoms with Gasteiger partial charge in [0.15, 0.2) is 0 Å². The molecule has 0 fully saturated rings. The zero-order valence-electron chi connectivity index (χ0n) is 5.43. The average molecular weight is 255 g/mol. The Hall–Kier alpha value is -0.0600. The number of amides is 1. The summed E-state index contributed by atoms with van der Waals surface area (Å²) < 4.78 is 0.676. The Morgan fingerprint density at radius 3 is 3.00 bits per heavy atom. The molecule has 2 nitrogen and oxygen atoms in total. The van der Waals surface area contributed by atoms with Crippen LogP contribution in [0, 0.1) is 0 Å². The molecule has 1 N–H and O–H groups in total. The third-order valence-corrected chi connectivity index (χ3v) is 2.57. The smallest absolute Gasteiger partial charge is 0.235 e. The maximum atomic E-state index is 10.8. The molecular formula is C6H5BrClNOS. The monoisotopic (exact) mass is 253 g/mol. The van der Waals surface area contributed by atoms with Gasteiger partial charge < -0.3 is 5.32 Å². The standard InChI is InChI=1S/C6H5BrClNOS/c7-2-6(10)9-4-1-5(8)11-3-4/h1,3H,2H2,(H,9,10). The van der Waals surface area contributed by atoms with E-state index in [4.69, 9.17) is 11.6 Å². The molecule has 0 saturated heterocycles. The number of anilines is 1. The minimum Gasteiger partial charge on any atom is -0.325 e. The fourth-order valence-electron chi connectivity index (χ4n) is 0.570. The van der Waals surface area contributed by atoms with E-state index in [-0.39, 0.29) is 5.91 Å². The van der Waals surface area contributed by atoms with Crippen molar-refractivity contribution in [2.75, 3.05) is 10.6 Å². The maximum Gasteiger partial charge on any atom is 0.235 e. The molecule has 0 aromatic carbocycles. The molecule has 0 radical (unpaired) electrons.